The van der Waals surface area contributed by atoms with E-state index in [1.807, 2.05) is 0 Å². The smallest absolute Gasteiger partial charge is 0.361 e. The lowest BCUT2D eigenvalue weighted by Gasteiger charge is -2.26. The molecule has 8 heteroatoms. The van der Waals surface area contributed by atoms with E-state index in [2.05, 4.69) is 15.5 Å². The number of hydrogen-bond acceptors (Lipinski definition) is 3. The number of anilines is 1. The van der Waals surface area contributed by atoms with Crippen molar-refractivity contribution < 1.29 is 13.2 Å². The SMILES string of the molecule is CC(CCl)(CCl)Nc1ccc(C(F)(F)F)nn1. The van der Waals surface area contributed by atoms with Gasteiger partial charge in [0.25, 0.3) is 0 Å². The van der Waals surface area contributed by atoms with Gasteiger partial charge < -0.3 is 5.32 Å². The van der Waals surface area contributed by atoms with Crippen LogP contribution in [0.4, 0.5) is 19.0 Å². The molecular weight excluding hydrogens is 278 g/mol. The third kappa shape index (κ3) is 3.89. The van der Waals surface area contributed by atoms with Gasteiger partial charge in [-0.15, -0.1) is 33.4 Å². The molecule has 17 heavy (non-hydrogen) atoms. The molecule has 3 nitrogen and oxygen atoms in total. The molecule has 0 radical (unpaired) electrons. The molecule has 0 saturated heterocycles. The minimum Gasteiger partial charge on any atom is -0.361 e. The second-order valence-electron chi connectivity index (χ2n) is 3.75. The van der Waals surface area contributed by atoms with Crippen LogP contribution in [0.2, 0.25) is 0 Å². The summed E-state index contributed by atoms with van der Waals surface area (Å²) in [5.41, 5.74) is -1.68. The lowest BCUT2D eigenvalue weighted by atomic mass is 10.1. The highest BCUT2D eigenvalue weighted by molar-refractivity contribution is 6.22. The monoisotopic (exact) mass is 287 g/mol. The second kappa shape index (κ2) is 5.27. The predicted molar refractivity (Wildman–Crippen MR) is 60.5 cm³/mol. The van der Waals surface area contributed by atoms with Gasteiger partial charge in [-0.1, -0.05) is 0 Å². The summed E-state index contributed by atoms with van der Waals surface area (Å²) in [6.07, 6.45) is -4.49. The molecule has 1 N–H and O–H groups in total. The number of rotatable bonds is 4. The van der Waals surface area contributed by atoms with Gasteiger partial charge >= 0.3 is 6.18 Å². The van der Waals surface area contributed by atoms with Gasteiger partial charge in [0.05, 0.1) is 5.54 Å². The average molecular weight is 288 g/mol. The quantitative estimate of drug-likeness (QED) is 0.865. The topological polar surface area (TPSA) is 37.8 Å². The summed E-state index contributed by atoms with van der Waals surface area (Å²) in [6, 6.07) is 2.03. The van der Waals surface area contributed by atoms with E-state index in [0.717, 1.165) is 6.07 Å². The summed E-state index contributed by atoms with van der Waals surface area (Å²) in [7, 11) is 0. The minimum atomic E-state index is -4.49. The molecule has 1 heterocycles. The van der Waals surface area contributed by atoms with E-state index in [9.17, 15) is 13.2 Å². The highest BCUT2D eigenvalue weighted by Crippen LogP contribution is 2.27. The lowest BCUT2D eigenvalue weighted by molar-refractivity contribution is -0.141. The van der Waals surface area contributed by atoms with Gasteiger partial charge in [0.1, 0.15) is 5.82 Å². The van der Waals surface area contributed by atoms with Crippen LogP contribution in [-0.4, -0.2) is 27.5 Å². The lowest BCUT2D eigenvalue weighted by Crippen LogP contribution is -2.39. The second-order valence-corrected chi connectivity index (χ2v) is 4.29. The van der Waals surface area contributed by atoms with Gasteiger partial charge in [0.2, 0.25) is 0 Å². The highest BCUT2D eigenvalue weighted by atomic mass is 35.5. The van der Waals surface area contributed by atoms with E-state index in [4.69, 9.17) is 23.2 Å². The zero-order valence-corrected chi connectivity index (χ0v) is 10.4. The molecule has 0 saturated carbocycles. The Kier molecular flexibility index (Phi) is 4.43. The Hall–Kier alpha value is -0.750. The maximum Gasteiger partial charge on any atom is 0.435 e. The molecule has 1 aromatic heterocycles. The van der Waals surface area contributed by atoms with E-state index in [1.165, 1.54) is 6.07 Å². The van der Waals surface area contributed by atoms with Crippen molar-refractivity contribution in [3.8, 4) is 0 Å². The number of halogens is 5. The van der Waals surface area contributed by atoms with Crippen LogP contribution in [0.5, 0.6) is 0 Å². The van der Waals surface area contributed by atoms with E-state index in [1.54, 1.807) is 6.92 Å². The molecule has 96 valence electrons. The summed E-state index contributed by atoms with van der Waals surface area (Å²) >= 11 is 11.4. The standard InChI is InChI=1S/C9H10Cl2F3N3/c1-8(4-10,5-11)15-7-3-2-6(16-17-7)9(12,13)14/h2-3H,4-5H2,1H3,(H,15,17). The number of nitrogens with zero attached hydrogens (tertiary/aromatic N) is 2. The highest BCUT2D eigenvalue weighted by Gasteiger charge is 2.33. The van der Waals surface area contributed by atoms with Gasteiger partial charge in [-0.05, 0) is 19.1 Å². The maximum atomic E-state index is 12.2. The Morgan fingerprint density at radius 1 is 1.18 bits per heavy atom. The van der Waals surface area contributed by atoms with E-state index < -0.39 is 17.4 Å². The Morgan fingerprint density at radius 3 is 2.12 bits per heavy atom. The van der Waals surface area contributed by atoms with Crippen molar-refractivity contribution in [3.05, 3.63) is 17.8 Å². The Balaban J connectivity index is 2.82. The van der Waals surface area contributed by atoms with E-state index in [-0.39, 0.29) is 17.6 Å². The molecule has 0 aliphatic heterocycles. The van der Waals surface area contributed by atoms with Gasteiger partial charge in [-0.2, -0.15) is 13.2 Å². The Labute approximate surface area is 106 Å². The van der Waals surface area contributed by atoms with Crippen molar-refractivity contribution >= 4 is 29.0 Å². The van der Waals surface area contributed by atoms with E-state index in [0.29, 0.717) is 0 Å². The molecule has 1 aromatic rings. The Morgan fingerprint density at radius 2 is 1.76 bits per heavy atom. The molecular formula is C9H10Cl2F3N3. The molecule has 0 aliphatic rings. The summed E-state index contributed by atoms with van der Waals surface area (Å²) < 4.78 is 36.7. The van der Waals surface area contributed by atoms with Crippen molar-refractivity contribution in [2.75, 3.05) is 17.1 Å². The van der Waals surface area contributed by atoms with Crippen LogP contribution in [0.25, 0.3) is 0 Å². The molecule has 0 bridgehead atoms. The van der Waals surface area contributed by atoms with Gasteiger partial charge in [0.15, 0.2) is 5.69 Å². The van der Waals surface area contributed by atoms with Crippen molar-refractivity contribution in [1.82, 2.24) is 10.2 Å². The summed E-state index contributed by atoms with van der Waals surface area (Å²) in [5.74, 6) is 0.583. The predicted octanol–water partition coefficient (Wildman–Crippen LogP) is 3.14. The van der Waals surface area contributed by atoms with Crippen LogP contribution >= 0.6 is 23.2 Å². The average Bonchev–Trinajstić information content (AvgIpc) is 2.28. The summed E-state index contributed by atoms with van der Waals surface area (Å²) in [6.45, 7) is 1.73. The fourth-order valence-electron chi connectivity index (χ4n) is 0.962. The molecule has 0 spiro atoms. The molecule has 0 aliphatic carbocycles. The number of aromatic nitrogens is 2. The van der Waals surface area contributed by atoms with Crippen LogP contribution in [0.15, 0.2) is 12.1 Å². The minimum absolute atomic E-state index is 0.194. The van der Waals surface area contributed by atoms with Gasteiger partial charge in [0, 0.05) is 11.8 Å². The first-order valence-electron chi connectivity index (χ1n) is 4.62. The van der Waals surface area contributed by atoms with E-state index >= 15 is 0 Å². The third-order valence-electron chi connectivity index (χ3n) is 1.97. The van der Waals surface area contributed by atoms with Gasteiger partial charge in [-0.3, -0.25) is 0 Å². The van der Waals surface area contributed by atoms with Crippen LogP contribution in [0.3, 0.4) is 0 Å². The summed E-state index contributed by atoms with van der Waals surface area (Å²) in [5, 5.41) is 9.34. The Bertz CT molecular complexity index is 363. The van der Waals surface area contributed by atoms with Crippen molar-refractivity contribution in [2.24, 2.45) is 0 Å². The van der Waals surface area contributed by atoms with Crippen LogP contribution in [0.1, 0.15) is 12.6 Å². The van der Waals surface area contributed by atoms with Crippen LogP contribution < -0.4 is 5.32 Å². The van der Waals surface area contributed by atoms with Crippen LogP contribution in [0, 0.1) is 0 Å². The largest absolute Gasteiger partial charge is 0.435 e. The fourth-order valence-corrected chi connectivity index (χ4v) is 1.38. The maximum absolute atomic E-state index is 12.2. The molecule has 0 aromatic carbocycles. The van der Waals surface area contributed by atoms with Crippen molar-refractivity contribution in [2.45, 2.75) is 18.6 Å². The first kappa shape index (κ1) is 14.3. The molecule has 1 rings (SSSR count). The van der Waals surface area contributed by atoms with Crippen molar-refractivity contribution in [1.29, 1.82) is 0 Å². The number of alkyl halides is 5. The summed E-state index contributed by atoms with van der Waals surface area (Å²) in [4.78, 5) is 0. The molecule has 0 amide bonds. The molecule has 0 atom stereocenters. The molecule has 0 unspecified atom stereocenters. The first-order chi connectivity index (χ1) is 7.80. The van der Waals surface area contributed by atoms with Crippen LogP contribution in [-0.2, 0) is 6.18 Å². The third-order valence-corrected chi connectivity index (χ3v) is 3.15. The van der Waals surface area contributed by atoms with Gasteiger partial charge in [-0.25, -0.2) is 0 Å². The van der Waals surface area contributed by atoms with Crippen molar-refractivity contribution in [3.63, 3.8) is 0 Å². The fraction of sp³-hybridized carbons (Fsp3) is 0.556. The zero-order valence-electron chi connectivity index (χ0n) is 8.85. The number of hydrogen-bond donors (Lipinski definition) is 1. The zero-order chi connectivity index (χ0) is 13.1. The normalized spacial score (nSPS) is 12.6. The first-order valence-corrected chi connectivity index (χ1v) is 5.69. The molecule has 0 fully saturated rings. The number of nitrogens with one attached hydrogen (secondary N) is 1.